The Morgan fingerprint density at radius 3 is 1.96 bits per heavy atom. The predicted molar refractivity (Wildman–Crippen MR) is 107 cm³/mol. The van der Waals surface area contributed by atoms with E-state index in [-0.39, 0.29) is 11.7 Å². The zero-order valence-corrected chi connectivity index (χ0v) is 17.8. The van der Waals surface area contributed by atoms with Gasteiger partial charge in [0.2, 0.25) is 0 Å². The second-order valence-corrected chi connectivity index (χ2v) is 11.4. The number of rotatable bonds is 4. The standard InChI is InChI=1S/C20H31BO5S/c1-18(2)19(3,4)26-21(25-18)16-6-8-17(9-7-16)27(23,24)14-15-10-12-20(5,22)13-11-15/h6-9,15,22H,10-14H2,1-5H3. The lowest BCUT2D eigenvalue weighted by Gasteiger charge is -2.32. The molecule has 1 saturated carbocycles. The van der Waals surface area contributed by atoms with Gasteiger partial charge in [-0.2, -0.15) is 0 Å². The van der Waals surface area contributed by atoms with Crippen LogP contribution >= 0.6 is 0 Å². The van der Waals surface area contributed by atoms with Crippen molar-refractivity contribution in [3.63, 3.8) is 0 Å². The maximum atomic E-state index is 12.8. The van der Waals surface area contributed by atoms with Crippen LogP contribution in [0.2, 0.25) is 0 Å². The van der Waals surface area contributed by atoms with Crippen molar-refractivity contribution in [2.75, 3.05) is 5.75 Å². The molecule has 1 saturated heterocycles. The molecule has 0 atom stereocenters. The van der Waals surface area contributed by atoms with Gasteiger partial charge in [-0.1, -0.05) is 12.1 Å². The topological polar surface area (TPSA) is 72.8 Å². The van der Waals surface area contributed by atoms with E-state index >= 15 is 0 Å². The van der Waals surface area contributed by atoms with E-state index in [0.29, 0.717) is 17.7 Å². The summed E-state index contributed by atoms with van der Waals surface area (Å²) in [5, 5.41) is 10.0. The minimum Gasteiger partial charge on any atom is -0.399 e. The maximum absolute atomic E-state index is 12.8. The SMILES string of the molecule is CC1(O)CCC(CS(=O)(=O)c2ccc(B3OC(C)(C)C(C)(C)O3)cc2)CC1. The van der Waals surface area contributed by atoms with Gasteiger partial charge in [-0.3, -0.25) is 0 Å². The normalized spacial score (nSPS) is 30.4. The van der Waals surface area contributed by atoms with Gasteiger partial charge in [-0.05, 0) is 83.8 Å². The number of sulfone groups is 1. The number of benzene rings is 1. The zero-order valence-electron chi connectivity index (χ0n) is 17.0. The van der Waals surface area contributed by atoms with E-state index in [9.17, 15) is 13.5 Å². The summed E-state index contributed by atoms with van der Waals surface area (Å²) < 4.78 is 37.6. The summed E-state index contributed by atoms with van der Waals surface area (Å²) in [5.74, 6) is 0.247. The second kappa shape index (κ2) is 6.87. The second-order valence-electron chi connectivity index (χ2n) is 9.38. The molecule has 1 aliphatic carbocycles. The highest BCUT2D eigenvalue weighted by Gasteiger charge is 2.51. The predicted octanol–water partition coefficient (Wildman–Crippen LogP) is 2.70. The highest BCUT2D eigenvalue weighted by molar-refractivity contribution is 7.91. The average Bonchev–Trinajstić information content (AvgIpc) is 2.78. The molecule has 1 heterocycles. The van der Waals surface area contributed by atoms with Crippen LogP contribution in [0, 0.1) is 5.92 Å². The Kier molecular flexibility index (Phi) is 5.30. The lowest BCUT2D eigenvalue weighted by atomic mass is 9.79. The largest absolute Gasteiger partial charge is 0.494 e. The molecule has 5 nitrogen and oxygen atoms in total. The molecule has 0 amide bonds. The molecule has 1 aromatic carbocycles. The first-order valence-corrected chi connectivity index (χ1v) is 11.4. The van der Waals surface area contributed by atoms with Crippen molar-refractivity contribution >= 4 is 22.4 Å². The van der Waals surface area contributed by atoms with E-state index in [1.807, 2.05) is 34.6 Å². The van der Waals surface area contributed by atoms with Gasteiger partial charge in [0.25, 0.3) is 0 Å². The smallest absolute Gasteiger partial charge is 0.399 e. The van der Waals surface area contributed by atoms with Gasteiger partial charge in [-0.15, -0.1) is 0 Å². The minimum absolute atomic E-state index is 0.109. The van der Waals surface area contributed by atoms with Crippen LogP contribution in [0.3, 0.4) is 0 Å². The lowest BCUT2D eigenvalue weighted by Crippen LogP contribution is -2.41. The summed E-state index contributed by atoms with van der Waals surface area (Å²) >= 11 is 0. The van der Waals surface area contributed by atoms with E-state index in [1.165, 1.54) is 0 Å². The van der Waals surface area contributed by atoms with E-state index in [2.05, 4.69) is 0 Å². The van der Waals surface area contributed by atoms with E-state index in [4.69, 9.17) is 9.31 Å². The van der Waals surface area contributed by atoms with Crippen LogP contribution in [-0.2, 0) is 19.1 Å². The molecule has 150 valence electrons. The molecule has 0 radical (unpaired) electrons. The van der Waals surface area contributed by atoms with Crippen LogP contribution in [0.1, 0.15) is 60.3 Å². The first kappa shape index (κ1) is 20.8. The van der Waals surface area contributed by atoms with Gasteiger partial charge >= 0.3 is 7.12 Å². The maximum Gasteiger partial charge on any atom is 0.494 e. The Labute approximate surface area is 163 Å². The minimum atomic E-state index is -3.35. The fourth-order valence-electron chi connectivity index (χ4n) is 3.68. The van der Waals surface area contributed by atoms with E-state index < -0.39 is 33.8 Å². The summed E-state index contributed by atoms with van der Waals surface area (Å²) in [6.07, 6.45) is 2.82. The molecule has 0 aromatic heterocycles. The number of aliphatic hydroxyl groups is 1. The quantitative estimate of drug-likeness (QED) is 0.795. The summed E-state index contributed by atoms with van der Waals surface area (Å²) in [7, 11) is -3.84. The molecule has 3 rings (SSSR count). The van der Waals surface area contributed by atoms with Crippen LogP contribution in [0.5, 0.6) is 0 Å². The Bertz CT molecular complexity index is 757. The van der Waals surface area contributed by atoms with Crippen molar-refractivity contribution in [1.29, 1.82) is 0 Å². The van der Waals surface area contributed by atoms with Crippen molar-refractivity contribution in [2.45, 2.75) is 82.0 Å². The van der Waals surface area contributed by atoms with Crippen LogP contribution in [0.25, 0.3) is 0 Å². The monoisotopic (exact) mass is 394 g/mol. The number of hydrogen-bond donors (Lipinski definition) is 1. The third-order valence-electron chi connectivity index (χ3n) is 6.40. The Morgan fingerprint density at radius 1 is 1.00 bits per heavy atom. The summed E-state index contributed by atoms with van der Waals surface area (Å²) in [4.78, 5) is 0.333. The van der Waals surface area contributed by atoms with Crippen LogP contribution in [0.4, 0.5) is 0 Å². The molecule has 1 aromatic rings. The zero-order chi connectivity index (χ0) is 20.1. The van der Waals surface area contributed by atoms with Crippen molar-refractivity contribution in [1.82, 2.24) is 0 Å². The van der Waals surface area contributed by atoms with Crippen LogP contribution in [0.15, 0.2) is 29.2 Å². The van der Waals surface area contributed by atoms with Crippen molar-refractivity contribution < 1.29 is 22.8 Å². The third-order valence-corrected chi connectivity index (χ3v) is 8.30. The van der Waals surface area contributed by atoms with Crippen molar-refractivity contribution in [3.8, 4) is 0 Å². The summed E-state index contributed by atoms with van der Waals surface area (Å²) in [6.45, 7) is 9.80. The van der Waals surface area contributed by atoms with Crippen molar-refractivity contribution in [2.24, 2.45) is 5.92 Å². The number of hydrogen-bond acceptors (Lipinski definition) is 5. The van der Waals surface area contributed by atoms with E-state index in [1.54, 1.807) is 24.3 Å². The van der Waals surface area contributed by atoms with Gasteiger partial charge in [-0.25, -0.2) is 8.42 Å². The molecule has 27 heavy (non-hydrogen) atoms. The molecular formula is C20H31BO5S. The average molecular weight is 394 g/mol. The Balaban J connectivity index is 1.68. The molecule has 2 fully saturated rings. The lowest BCUT2D eigenvalue weighted by molar-refractivity contribution is 0.00578. The van der Waals surface area contributed by atoms with Crippen molar-refractivity contribution in [3.05, 3.63) is 24.3 Å². The molecule has 0 unspecified atom stereocenters. The van der Waals surface area contributed by atoms with E-state index in [0.717, 1.165) is 18.3 Å². The molecule has 0 bridgehead atoms. The van der Waals surface area contributed by atoms with Gasteiger partial charge in [0.05, 0.1) is 27.5 Å². The Hall–Kier alpha value is -0.885. The fourth-order valence-corrected chi connectivity index (χ4v) is 5.38. The van der Waals surface area contributed by atoms with Gasteiger partial charge in [0.1, 0.15) is 0 Å². The summed E-state index contributed by atoms with van der Waals surface area (Å²) in [6, 6.07) is 6.85. The van der Waals surface area contributed by atoms with Gasteiger partial charge < -0.3 is 14.4 Å². The Morgan fingerprint density at radius 2 is 1.48 bits per heavy atom. The molecule has 2 aliphatic rings. The molecular weight excluding hydrogens is 363 g/mol. The van der Waals surface area contributed by atoms with Crippen LogP contribution in [-0.4, -0.2) is 43.2 Å². The van der Waals surface area contributed by atoms with Crippen LogP contribution < -0.4 is 5.46 Å². The summed E-state index contributed by atoms with van der Waals surface area (Å²) in [5.41, 5.74) is -0.679. The first-order valence-electron chi connectivity index (χ1n) is 9.72. The molecule has 1 aliphatic heterocycles. The third kappa shape index (κ3) is 4.42. The fraction of sp³-hybridized carbons (Fsp3) is 0.700. The first-order chi connectivity index (χ1) is 12.3. The highest BCUT2D eigenvalue weighted by Crippen LogP contribution is 2.37. The molecule has 7 heteroatoms. The molecule has 0 spiro atoms. The van der Waals surface area contributed by atoms with Gasteiger partial charge in [0.15, 0.2) is 9.84 Å². The highest BCUT2D eigenvalue weighted by atomic mass is 32.2. The van der Waals surface area contributed by atoms with Gasteiger partial charge in [0, 0.05) is 0 Å². The molecule has 1 N–H and O–H groups in total.